The molecule has 8 heteroatoms. The Labute approximate surface area is 142 Å². The summed E-state index contributed by atoms with van der Waals surface area (Å²) in [6.07, 6.45) is 1.31. The molecule has 0 saturated carbocycles. The van der Waals surface area contributed by atoms with Crippen LogP contribution in [0, 0.1) is 0 Å². The van der Waals surface area contributed by atoms with Gasteiger partial charge >= 0.3 is 0 Å². The number of aromatic nitrogens is 2. The third-order valence-corrected chi connectivity index (χ3v) is 4.69. The van der Waals surface area contributed by atoms with Crippen molar-refractivity contribution in [2.45, 2.75) is 0 Å². The molecular formula is C16H24N6O2. The second-order valence-electron chi connectivity index (χ2n) is 6.48. The van der Waals surface area contributed by atoms with Crippen molar-refractivity contribution in [3.63, 3.8) is 0 Å². The second kappa shape index (κ2) is 7.23. The summed E-state index contributed by atoms with van der Waals surface area (Å²) >= 11 is 0. The summed E-state index contributed by atoms with van der Waals surface area (Å²) in [5.41, 5.74) is 0.596. The Morgan fingerprint density at radius 2 is 1.12 bits per heavy atom. The smallest absolute Gasteiger partial charge is 0.272 e. The molecule has 1 aromatic heterocycles. The molecule has 1 aromatic rings. The van der Waals surface area contributed by atoms with Crippen LogP contribution in [0.4, 0.5) is 0 Å². The largest absolute Gasteiger partial charge is 0.335 e. The van der Waals surface area contributed by atoms with Gasteiger partial charge in [0.05, 0.1) is 0 Å². The zero-order valence-corrected chi connectivity index (χ0v) is 14.3. The number of carbonyl (C=O) groups excluding carboxylic acids is 2. The molecule has 0 spiro atoms. The summed E-state index contributed by atoms with van der Waals surface area (Å²) in [5.74, 6) is -0.254. The fraction of sp³-hybridized carbons (Fsp3) is 0.625. The van der Waals surface area contributed by atoms with Crippen molar-refractivity contribution in [3.8, 4) is 0 Å². The Hall–Kier alpha value is -2.06. The minimum atomic E-state index is -0.127. The highest BCUT2D eigenvalue weighted by Crippen LogP contribution is 2.10. The zero-order valence-electron chi connectivity index (χ0n) is 14.3. The van der Waals surface area contributed by atoms with Crippen molar-refractivity contribution in [3.05, 3.63) is 23.8 Å². The van der Waals surface area contributed by atoms with Crippen LogP contribution >= 0.6 is 0 Å². The summed E-state index contributed by atoms with van der Waals surface area (Å²) < 4.78 is 0. The molecule has 2 aliphatic rings. The van der Waals surface area contributed by atoms with E-state index in [0.717, 1.165) is 26.2 Å². The number of hydrogen-bond donors (Lipinski definition) is 0. The lowest BCUT2D eigenvalue weighted by Crippen LogP contribution is -2.48. The van der Waals surface area contributed by atoms with Crippen LogP contribution in [0.5, 0.6) is 0 Å². The van der Waals surface area contributed by atoms with Crippen molar-refractivity contribution >= 4 is 11.8 Å². The minimum absolute atomic E-state index is 0.127. The highest BCUT2D eigenvalue weighted by molar-refractivity contribution is 5.97. The summed E-state index contributed by atoms with van der Waals surface area (Å²) in [7, 11) is 4.08. The van der Waals surface area contributed by atoms with Gasteiger partial charge in [0, 0.05) is 58.4 Å². The van der Waals surface area contributed by atoms with E-state index in [0.29, 0.717) is 37.6 Å². The summed E-state index contributed by atoms with van der Waals surface area (Å²) in [4.78, 5) is 41.3. The van der Waals surface area contributed by atoms with Crippen LogP contribution in [0.3, 0.4) is 0 Å². The van der Waals surface area contributed by atoms with E-state index in [-0.39, 0.29) is 11.8 Å². The number of nitrogens with zero attached hydrogens (tertiary/aromatic N) is 6. The van der Waals surface area contributed by atoms with Crippen molar-refractivity contribution in [2.24, 2.45) is 0 Å². The van der Waals surface area contributed by atoms with Gasteiger partial charge in [0.15, 0.2) is 0 Å². The Morgan fingerprint density at radius 1 is 0.750 bits per heavy atom. The number of amides is 2. The lowest BCUT2D eigenvalue weighted by Gasteiger charge is -2.32. The molecule has 0 unspecified atom stereocenters. The topological polar surface area (TPSA) is 72.9 Å². The fourth-order valence-electron chi connectivity index (χ4n) is 2.93. The highest BCUT2D eigenvalue weighted by atomic mass is 16.2. The molecule has 2 fully saturated rings. The molecule has 3 rings (SSSR count). The van der Waals surface area contributed by atoms with Crippen LogP contribution in [0.15, 0.2) is 12.4 Å². The number of hydrogen-bond acceptors (Lipinski definition) is 6. The van der Waals surface area contributed by atoms with Gasteiger partial charge in [-0.3, -0.25) is 9.59 Å². The van der Waals surface area contributed by atoms with Gasteiger partial charge in [-0.2, -0.15) is 0 Å². The maximum Gasteiger partial charge on any atom is 0.272 e. The normalized spacial score (nSPS) is 20.2. The Morgan fingerprint density at radius 3 is 1.50 bits per heavy atom. The predicted octanol–water partition coefficient (Wildman–Crippen LogP) is -0.748. The molecule has 0 bridgehead atoms. The number of likely N-dealkylation sites (N-methyl/N-ethyl adjacent to an activating group) is 2. The summed E-state index contributed by atoms with van der Waals surface area (Å²) in [6, 6.07) is 1.53. The Balaban J connectivity index is 1.69. The van der Waals surface area contributed by atoms with E-state index in [1.165, 1.54) is 12.4 Å². The van der Waals surface area contributed by atoms with Crippen LogP contribution < -0.4 is 0 Å². The first-order chi connectivity index (χ1) is 11.5. The first-order valence-corrected chi connectivity index (χ1v) is 8.32. The second-order valence-corrected chi connectivity index (χ2v) is 6.48. The van der Waals surface area contributed by atoms with Gasteiger partial charge in [-0.05, 0) is 14.1 Å². The molecule has 24 heavy (non-hydrogen) atoms. The van der Waals surface area contributed by atoms with Crippen molar-refractivity contribution in [2.75, 3.05) is 66.5 Å². The first kappa shape index (κ1) is 16.8. The van der Waals surface area contributed by atoms with Crippen LogP contribution in [-0.2, 0) is 0 Å². The van der Waals surface area contributed by atoms with E-state index in [4.69, 9.17) is 0 Å². The molecule has 0 radical (unpaired) electrons. The Bertz CT molecular complexity index is 557. The van der Waals surface area contributed by atoms with E-state index in [1.807, 2.05) is 14.1 Å². The SMILES string of the molecule is CN1CCN(C(=O)c2cc(C(=O)N3CCN(C)CC3)ncn2)CC1. The Kier molecular flexibility index (Phi) is 5.06. The molecule has 130 valence electrons. The van der Waals surface area contributed by atoms with E-state index in [1.54, 1.807) is 9.80 Å². The molecular weight excluding hydrogens is 308 g/mol. The summed E-state index contributed by atoms with van der Waals surface area (Å²) in [6.45, 7) is 6.13. The fourth-order valence-corrected chi connectivity index (χ4v) is 2.93. The lowest BCUT2D eigenvalue weighted by atomic mass is 10.2. The average molecular weight is 332 g/mol. The molecule has 2 aliphatic heterocycles. The van der Waals surface area contributed by atoms with Gasteiger partial charge in [0.2, 0.25) is 0 Å². The molecule has 0 aliphatic carbocycles. The zero-order chi connectivity index (χ0) is 17.1. The van der Waals surface area contributed by atoms with Gasteiger partial charge in [-0.15, -0.1) is 0 Å². The lowest BCUT2D eigenvalue weighted by molar-refractivity contribution is 0.0654. The standard InChI is InChI=1S/C16H24N6O2/c1-19-3-7-21(8-4-19)15(23)13-11-14(18-12-17-13)16(24)22-9-5-20(2)6-10-22/h11-12H,3-10H2,1-2H3. The first-order valence-electron chi connectivity index (χ1n) is 8.32. The van der Waals surface area contributed by atoms with Gasteiger partial charge < -0.3 is 19.6 Å². The number of rotatable bonds is 2. The summed E-state index contributed by atoms with van der Waals surface area (Å²) in [5, 5.41) is 0. The predicted molar refractivity (Wildman–Crippen MR) is 88.8 cm³/mol. The molecule has 0 aromatic carbocycles. The quantitative estimate of drug-likeness (QED) is 0.710. The van der Waals surface area contributed by atoms with Crippen LogP contribution in [-0.4, -0.2) is 108 Å². The maximum absolute atomic E-state index is 12.6. The van der Waals surface area contributed by atoms with Crippen LogP contribution in [0.25, 0.3) is 0 Å². The van der Waals surface area contributed by atoms with E-state index in [2.05, 4.69) is 19.8 Å². The third-order valence-electron chi connectivity index (χ3n) is 4.69. The molecule has 3 heterocycles. The highest BCUT2D eigenvalue weighted by Gasteiger charge is 2.25. The maximum atomic E-state index is 12.6. The van der Waals surface area contributed by atoms with Crippen molar-refractivity contribution in [1.29, 1.82) is 0 Å². The average Bonchev–Trinajstić information content (AvgIpc) is 2.62. The van der Waals surface area contributed by atoms with Gasteiger partial charge in [-0.1, -0.05) is 0 Å². The van der Waals surface area contributed by atoms with Crippen molar-refractivity contribution < 1.29 is 9.59 Å². The minimum Gasteiger partial charge on any atom is -0.335 e. The number of carbonyl (C=O) groups is 2. The van der Waals surface area contributed by atoms with Crippen molar-refractivity contribution in [1.82, 2.24) is 29.6 Å². The van der Waals surface area contributed by atoms with E-state index >= 15 is 0 Å². The van der Waals surface area contributed by atoms with Gasteiger partial charge in [-0.25, -0.2) is 9.97 Å². The molecule has 0 atom stereocenters. The van der Waals surface area contributed by atoms with Crippen LogP contribution in [0.1, 0.15) is 21.0 Å². The molecule has 2 amide bonds. The van der Waals surface area contributed by atoms with E-state index in [9.17, 15) is 9.59 Å². The molecule has 0 N–H and O–H groups in total. The number of piperazine rings is 2. The van der Waals surface area contributed by atoms with Crippen LogP contribution in [0.2, 0.25) is 0 Å². The third kappa shape index (κ3) is 3.70. The monoisotopic (exact) mass is 332 g/mol. The molecule has 2 saturated heterocycles. The van der Waals surface area contributed by atoms with Gasteiger partial charge in [0.25, 0.3) is 11.8 Å². The molecule has 8 nitrogen and oxygen atoms in total. The van der Waals surface area contributed by atoms with E-state index < -0.39 is 0 Å². The van der Waals surface area contributed by atoms with Gasteiger partial charge in [0.1, 0.15) is 17.7 Å².